The Labute approximate surface area is 133 Å². The summed E-state index contributed by atoms with van der Waals surface area (Å²) in [6, 6.07) is 7.32. The Morgan fingerprint density at radius 1 is 1.39 bits per heavy atom. The number of hydrogen-bond donors (Lipinski definition) is 1. The lowest BCUT2D eigenvalue weighted by Crippen LogP contribution is -2.38. The number of nitrogens with one attached hydrogen (secondary N) is 1. The molecule has 3 rings (SSSR count). The number of carbonyl (C=O) groups excluding carboxylic acids is 1. The van der Waals surface area contributed by atoms with E-state index in [4.69, 9.17) is 0 Å². The Morgan fingerprint density at radius 3 is 2.87 bits per heavy atom. The fourth-order valence-electron chi connectivity index (χ4n) is 2.55. The summed E-state index contributed by atoms with van der Waals surface area (Å²) in [6.45, 7) is 1.86. The van der Waals surface area contributed by atoms with Crippen molar-refractivity contribution in [3.05, 3.63) is 29.8 Å². The van der Waals surface area contributed by atoms with Gasteiger partial charge in [0.2, 0.25) is 11.7 Å². The molecule has 1 saturated heterocycles. The third-order valence-electron chi connectivity index (χ3n) is 3.72. The van der Waals surface area contributed by atoms with Crippen LogP contribution in [0.2, 0.25) is 0 Å². The quantitative estimate of drug-likeness (QED) is 0.839. The molecule has 2 aromatic rings. The van der Waals surface area contributed by atoms with Crippen LogP contribution in [-0.4, -0.2) is 52.1 Å². The first kappa shape index (κ1) is 15.6. The maximum Gasteiger partial charge on any atom is 0.243 e. The van der Waals surface area contributed by atoms with Gasteiger partial charge in [0.05, 0.1) is 11.5 Å². The molecule has 23 heavy (non-hydrogen) atoms. The lowest BCUT2D eigenvalue weighted by Gasteiger charge is -2.09. The summed E-state index contributed by atoms with van der Waals surface area (Å²) in [5.74, 6) is 0.259. The minimum atomic E-state index is -3.02. The smallest absolute Gasteiger partial charge is 0.243 e. The van der Waals surface area contributed by atoms with E-state index in [2.05, 4.69) is 20.7 Å². The molecule has 2 heterocycles. The maximum atomic E-state index is 12.0. The average molecular weight is 335 g/mol. The van der Waals surface area contributed by atoms with E-state index in [0.717, 1.165) is 11.1 Å². The van der Waals surface area contributed by atoms with Gasteiger partial charge in [-0.05, 0) is 24.1 Å². The third kappa shape index (κ3) is 3.73. The maximum absolute atomic E-state index is 12.0. The first-order valence-electron chi connectivity index (χ1n) is 7.26. The van der Waals surface area contributed by atoms with E-state index in [1.807, 2.05) is 31.2 Å². The Hall–Kier alpha value is -2.29. The predicted octanol–water partition coefficient (Wildman–Crippen LogP) is -0.0482. The molecule has 9 heteroatoms. The molecule has 0 radical (unpaired) electrons. The molecule has 0 unspecified atom stereocenters. The summed E-state index contributed by atoms with van der Waals surface area (Å²) in [6.07, 6.45) is 0.452. The predicted molar refractivity (Wildman–Crippen MR) is 83.2 cm³/mol. The van der Waals surface area contributed by atoms with Crippen molar-refractivity contribution >= 4 is 15.7 Å². The monoisotopic (exact) mass is 335 g/mol. The van der Waals surface area contributed by atoms with Gasteiger partial charge in [-0.1, -0.05) is 24.3 Å². The lowest BCUT2D eigenvalue weighted by molar-refractivity contribution is -0.122. The van der Waals surface area contributed by atoms with Crippen molar-refractivity contribution in [3.8, 4) is 11.4 Å². The van der Waals surface area contributed by atoms with Gasteiger partial charge in [0.25, 0.3) is 0 Å². The minimum absolute atomic E-state index is 0.00200. The van der Waals surface area contributed by atoms with Gasteiger partial charge in [-0.25, -0.2) is 8.42 Å². The van der Waals surface area contributed by atoms with Crippen molar-refractivity contribution in [2.75, 3.05) is 11.5 Å². The zero-order valence-electron chi connectivity index (χ0n) is 12.6. The Morgan fingerprint density at radius 2 is 2.17 bits per heavy atom. The highest BCUT2D eigenvalue weighted by Crippen LogP contribution is 2.17. The zero-order chi connectivity index (χ0) is 16.4. The second-order valence-electron chi connectivity index (χ2n) is 5.63. The molecule has 1 fully saturated rings. The number of amides is 1. The highest BCUT2D eigenvalue weighted by molar-refractivity contribution is 7.91. The van der Waals surface area contributed by atoms with E-state index in [-0.39, 0.29) is 30.0 Å². The van der Waals surface area contributed by atoms with Crippen molar-refractivity contribution in [2.45, 2.75) is 25.9 Å². The molecule has 1 atom stereocenters. The van der Waals surface area contributed by atoms with E-state index in [1.54, 1.807) is 0 Å². The number of aryl methyl sites for hydroxylation is 1. The van der Waals surface area contributed by atoms with Gasteiger partial charge in [-0.3, -0.25) is 4.79 Å². The van der Waals surface area contributed by atoms with Gasteiger partial charge in [-0.15, -0.1) is 10.2 Å². The van der Waals surface area contributed by atoms with E-state index in [0.29, 0.717) is 12.2 Å². The van der Waals surface area contributed by atoms with E-state index in [9.17, 15) is 13.2 Å². The molecule has 1 N–H and O–H groups in total. The topological polar surface area (TPSA) is 107 Å². The van der Waals surface area contributed by atoms with Gasteiger partial charge in [-0.2, -0.15) is 4.80 Å². The molecule has 8 nitrogen and oxygen atoms in total. The standard InChI is InChI=1S/C14H17N5O3S/c1-10-4-2-3-5-12(10)14-16-18-19(17-14)8-13(20)15-11-6-7-23(21,22)9-11/h2-5,11H,6-9H2,1H3,(H,15,20)/t11-/m0/s1. The van der Waals surface area contributed by atoms with Crippen molar-refractivity contribution in [3.63, 3.8) is 0 Å². The van der Waals surface area contributed by atoms with Gasteiger partial charge in [0.1, 0.15) is 6.54 Å². The Bertz CT molecular complexity index is 830. The highest BCUT2D eigenvalue weighted by atomic mass is 32.2. The van der Waals surface area contributed by atoms with E-state index in [1.165, 1.54) is 4.80 Å². The molecule has 0 aliphatic carbocycles. The van der Waals surface area contributed by atoms with Crippen LogP contribution in [0.25, 0.3) is 11.4 Å². The fourth-order valence-corrected chi connectivity index (χ4v) is 4.23. The van der Waals surface area contributed by atoms with Crippen LogP contribution in [0.5, 0.6) is 0 Å². The number of aromatic nitrogens is 4. The summed E-state index contributed by atoms with van der Waals surface area (Å²) >= 11 is 0. The number of tetrazole rings is 1. The van der Waals surface area contributed by atoms with Crippen LogP contribution in [0.3, 0.4) is 0 Å². The van der Waals surface area contributed by atoms with Gasteiger partial charge in [0.15, 0.2) is 9.84 Å². The molecule has 1 aliphatic rings. The molecule has 1 amide bonds. The molecule has 0 spiro atoms. The van der Waals surface area contributed by atoms with Gasteiger partial charge < -0.3 is 5.32 Å². The van der Waals surface area contributed by atoms with Crippen molar-refractivity contribution in [2.24, 2.45) is 0 Å². The first-order chi connectivity index (χ1) is 10.9. The Balaban J connectivity index is 1.63. The van der Waals surface area contributed by atoms with Crippen LogP contribution >= 0.6 is 0 Å². The minimum Gasteiger partial charge on any atom is -0.351 e. The third-order valence-corrected chi connectivity index (χ3v) is 5.49. The number of benzene rings is 1. The lowest BCUT2D eigenvalue weighted by atomic mass is 10.1. The number of hydrogen-bond acceptors (Lipinski definition) is 6. The van der Waals surface area contributed by atoms with Crippen molar-refractivity contribution in [1.29, 1.82) is 0 Å². The Kier molecular flexibility index (Phi) is 4.12. The number of carbonyl (C=O) groups is 1. The average Bonchev–Trinajstić information content (AvgIpc) is 3.06. The fraction of sp³-hybridized carbons (Fsp3) is 0.429. The normalized spacial score (nSPS) is 19.6. The largest absolute Gasteiger partial charge is 0.351 e. The van der Waals surface area contributed by atoms with E-state index >= 15 is 0 Å². The van der Waals surface area contributed by atoms with Crippen LogP contribution in [0.15, 0.2) is 24.3 Å². The highest BCUT2D eigenvalue weighted by Gasteiger charge is 2.29. The second-order valence-corrected chi connectivity index (χ2v) is 7.85. The molecular weight excluding hydrogens is 318 g/mol. The zero-order valence-corrected chi connectivity index (χ0v) is 13.5. The van der Waals surface area contributed by atoms with Gasteiger partial charge in [0, 0.05) is 11.6 Å². The van der Waals surface area contributed by atoms with Crippen LogP contribution in [0, 0.1) is 6.92 Å². The summed E-state index contributed by atoms with van der Waals surface area (Å²) in [4.78, 5) is 13.2. The molecule has 122 valence electrons. The molecule has 0 bridgehead atoms. The first-order valence-corrected chi connectivity index (χ1v) is 9.09. The number of rotatable bonds is 4. The van der Waals surface area contributed by atoms with Crippen LogP contribution < -0.4 is 5.32 Å². The summed E-state index contributed by atoms with van der Waals surface area (Å²) < 4.78 is 22.8. The molecule has 0 saturated carbocycles. The molecule has 1 aliphatic heterocycles. The van der Waals surface area contributed by atoms with E-state index < -0.39 is 9.84 Å². The second kappa shape index (κ2) is 6.07. The van der Waals surface area contributed by atoms with Crippen molar-refractivity contribution < 1.29 is 13.2 Å². The molecular formula is C14H17N5O3S. The van der Waals surface area contributed by atoms with Crippen LogP contribution in [0.1, 0.15) is 12.0 Å². The summed E-state index contributed by atoms with van der Waals surface area (Å²) in [5.41, 5.74) is 1.88. The van der Waals surface area contributed by atoms with Crippen molar-refractivity contribution in [1.82, 2.24) is 25.5 Å². The summed E-state index contributed by atoms with van der Waals surface area (Å²) in [7, 11) is -3.02. The number of nitrogens with zero attached hydrogens (tertiary/aromatic N) is 4. The molecule has 1 aromatic carbocycles. The SMILES string of the molecule is Cc1ccccc1-c1nnn(CC(=O)N[C@H]2CCS(=O)(=O)C2)n1. The summed E-state index contributed by atoms with van der Waals surface area (Å²) in [5, 5.41) is 14.7. The van der Waals surface area contributed by atoms with Crippen LogP contribution in [-0.2, 0) is 21.2 Å². The van der Waals surface area contributed by atoms with Gasteiger partial charge >= 0.3 is 0 Å². The molecule has 1 aromatic heterocycles. The number of sulfone groups is 1. The van der Waals surface area contributed by atoms with Crippen LogP contribution in [0.4, 0.5) is 0 Å².